The quantitative estimate of drug-likeness (QED) is 0.409. The van der Waals surface area contributed by atoms with E-state index >= 15 is 0 Å². The number of carbonyl (C=O) groups excluding carboxylic acids is 1. The Kier molecular flexibility index (Phi) is 4.80. The second-order valence-electron chi connectivity index (χ2n) is 4.71. The predicted molar refractivity (Wildman–Crippen MR) is 98.2 cm³/mol. The van der Waals surface area contributed by atoms with Crippen LogP contribution in [-0.2, 0) is 4.74 Å². The highest BCUT2D eigenvalue weighted by atomic mass is 79.9. The Hall–Kier alpha value is -1.69. The van der Waals surface area contributed by atoms with Crippen LogP contribution in [0.4, 0.5) is 0 Å². The average molecular weight is 409 g/mol. The number of halogens is 2. The van der Waals surface area contributed by atoms with Crippen LogP contribution in [0.2, 0.25) is 5.02 Å². The Balaban J connectivity index is 2.00. The van der Waals surface area contributed by atoms with E-state index in [-0.39, 0.29) is 12.6 Å². The van der Waals surface area contributed by atoms with Gasteiger partial charge in [0.15, 0.2) is 0 Å². The third-order valence-corrected chi connectivity index (χ3v) is 4.99. The van der Waals surface area contributed by atoms with Gasteiger partial charge in [0.05, 0.1) is 20.8 Å². The molecule has 0 radical (unpaired) electrons. The van der Waals surface area contributed by atoms with Gasteiger partial charge in [-0.2, -0.15) is 0 Å². The molecule has 0 atom stereocenters. The van der Waals surface area contributed by atoms with Gasteiger partial charge in [0.1, 0.15) is 11.6 Å². The Morgan fingerprint density at radius 2 is 2.17 bits per heavy atom. The van der Waals surface area contributed by atoms with E-state index in [2.05, 4.69) is 27.5 Å². The van der Waals surface area contributed by atoms with Gasteiger partial charge in [-0.1, -0.05) is 40.2 Å². The van der Waals surface area contributed by atoms with Gasteiger partial charge in [0, 0.05) is 10.0 Å². The summed E-state index contributed by atoms with van der Waals surface area (Å²) in [4.78, 5) is 16.5. The molecule has 1 heterocycles. The number of ether oxygens (including phenoxy) is 1. The number of hydrogen-bond acceptors (Lipinski definition) is 4. The van der Waals surface area contributed by atoms with Gasteiger partial charge in [-0.3, -0.25) is 0 Å². The van der Waals surface area contributed by atoms with Gasteiger partial charge >= 0.3 is 5.97 Å². The van der Waals surface area contributed by atoms with Crippen molar-refractivity contribution in [2.45, 2.75) is 0 Å². The minimum Gasteiger partial charge on any atom is -0.458 e. The average Bonchev–Trinajstić information content (AvgIpc) is 2.97. The topological polar surface area (TPSA) is 39.2 Å². The van der Waals surface area contributed by atoms with Crippen molar-refractivity contribution in [3.05, 3.63) is 64.1 Å². The first-order chi connectivity index (χ1) is 11.1. The second kappa shape index (κ2) is 6.83. The molecule has 1 aromatic heterocycles. The highest BCUT2D eigenvalue weighted by Gasteiger charge is 2.13. The number of rotatable bonds is 4. The maximum absolute atomic E-state index is 11.9. The number of carbonyl (C=O) groups is 1. The van der Waals surface area contributed by atoms with Crippen molar-refractivity contribution in [3.63, 3.8) is 0 Å². The van der Waals surface area contributed by atoms with E-state index < -0.39 is 0 Å². The zero-order valence-electron chi connectivity index (χ0n) is 11.9. The van der Waals surface area contributed by atoms with Gasteiger partial charge < -0.3 is 4.74 Å². The highest BCUT2D eigenvalue weighted by Crippen LogP contribution is 2.36. The van der Waals surface area contributed by atoms with Crippen molar-refractivity contribution >= 4 is 55.1 Å². The van der Waals surface area contributed by atoms with Crippen LogP contribution >= 0.6 is 38.9 Å². The molecule has 0 aliphatic rings. The molecule has 6 heteroatoms. The fourth-order valence-electron chi connectivity index (χ4n) is 2.05. The van der Waals surface area contributed by atoms with E-state index in [4.69, 9.17) is 16.3 Å². The molecule has 0 aliphatic carbocycles. The minimum atomic E-state index is -0.373. The molecule has 0 N–H and O–H groups in total. The summed E-state index contributed by atoms with van der Waals surface area (Å²) < 4.78 is 6.89. The molecule has 3 aromatic rings. The summed E-state index contributed by atoms with van der Waals surface area (Å²) in [6, 6.07) is 10.9. The summed E-state index contributed by atoms with van der Waals surface area (Å²) in [6.45, 7) is 3.72. The number of fused-ring (bicyclic) bond motifs is 1. The van der Waals surface area contributed by atoms with Crippen molar-refractivity contribution in [1.82, 2.24) is 4.98 Å². The van der Waals surface area contributed by atoms with Gasteiger partial charge in [-0.25, -0.2) is 9.78 Å². The zero-order chi connectivity index (χ0) is 16.4. The van der Waals surface area contributed by atoms with Crippen LogP contribution in [0.5, 0.6) is 0 Å². The van der Waals surface area contributed by atoms with Gasteiger partial charge in [0.25, 0.3) is 0 Å². The zero-order valence-corrected chi connectivity index (χ0v) is 15.0. The molecule has 0 saturated carbocycles. The van der Waals surface area contributed by atoms with E-state index in [1.807, 2.05) is 24.3 Å². The summed E-state index contributed by atoms with van der Waals surface area (Å²) in [7, 11) is 0. The molecule has 3 nitrogen and oxygen atoms in total. The third kappa shape index (κ3) is 3.47. The van der Waals surface area contributed by atoms with Crippen LogP contribution in [0.3, 0.4) is 0 Å². The summed E-state index contributed by atoms with van der Waals surface area (Å²) in [6.07, 6.45) is 1.54. The Labute approximate surface area is 150 Å². The standard InChI is InChI=1S/C17H11BrClNO2S/c1-2-7-22-17(21)10-3-6-14-15(8-10)23-16(20-14)12-9-11(18)4-5-13(12)19/h2-6,8-9H,1,7H2. The maximum atomic E-state index is 11.9. The van der Waals surface area contributed by atoms with E-state index in [0.717, 1.165) is 25.3 Å². The van der Waals surface area contributed by atoms with Crippen LogP contribution in [0.15, 0.2) is 53.5 Å². The number of benzene rings is 2. The number of nitrogens with zero attached hydrogens (tertiary/aromatic N) is 1. The van der Waals surface area contributed by atoms with Crippen molar-refractivity contribution in [2.24, 2.45) is 0 Å². The van der Waals surface area contributed by atoms with Gasteiger partial charge in [-0.05, 0) is 36.4 Å². The minimum absolute atomic E-state index is 0.193. The fourth-order valence-corrected chi connectivity index (χ4v) is 3.71. The first-order valence-corrected chi connectivity index (χ1v) is 8.71. The van der Waals surface area contributed by atoms with Crippen LogP contribution in [0.25, 0.3) is 20.8 Å². The largest absolute Gasteiger partial charge is 0.458 e. The van der Waals surface area contributed by atoms with E-state index in [9.17, 15) is 4.79 Å². The van der Waals surface area contributed by atoms with Crippen molar-refractivity contribution in [1.29, 1.82) is 0 Å². The molecular formula is C17H11BrClNO2S. The van der Waals surface area contributed by atoms with Crippen LogP contribution in [0, 0.1) is 0 Å². The Bertz CT molecular complexity index is 907. The summed E-state index contributed by atoms with van der Waals surface area (Å²) >= 11 is 11.2. The first kappa shape index (κ1) is 16.2. The lowest BCUT2D eigenvalue weighted by Crippen LogP contribution is -2.04. The van der Waals surface area contributed by atoms with Crippen LogP contribution in [-0.4, -0.2) is 17.6 Å². The molecule has 0 bridgehead atoms. The van der Waals surface area contributed by atoms with E-state index in [0.29, 0.717) is 10.6 Å². The molecule has 3 rings (SSSR count). The second-order valence-corrected chi connectivity index (χ2v) is 7.07. The number of thiazole rings is 1. The predicted octanol–water partition coefficient (Wildman–Crippen LogP) is 5.72. The summed E-state index contributed by atoms with van der Waals surface area (Å²) in [5.74, 6) is -0.373. The summed E-state index contributed by atoms with van der Waals surface area (Å²) in [5, 5.41) is 1.45. The lowest BCUT2D eigenvalue weighted by Gasteiger charge is -2.00. The van der Waals surface area contributed by atoms with Crippen LogP contribution in [0.1, 0.15) is 10.4 Å². The van der Waals surface area contributed by atoms with Crippen molar-refractivity contribution in [2.75, 3.05) is 6.61 Å². The Morgan fingerprint density at radius 3 is 2.96 bits per heavy atom. The lowest BCUT2D eigenvalue weighted by atomic mass is 10.2. The normalized spacial score (nSPS) is 10.7. The van der Waals surface area contributed by atoms with Crippen LogP contribution < -0.4 is 0 Å². The number of hydrogen-bond donors (Lipinski definition) is 0. The first-order valence-electron chi connectivity index (χ1n) is 6.72. The number of aromatic nitrogens is 1. The molecule has 0 saturated heterocycles. The molecule has 0 aliphatic heterocycles. The van der Waals surface area contributed by atoms with E-state index in [1.165, 1.54) is 17.4 Å². The fraction of sp³-hybridized carbons (Fsp3) is 0.0588. The van der Waals surface area contributed by atoms with Gasteiger partial charge in [-0.15, -0.1) is 11.3 Å². The number of esters is 1. The molecule has 23 heavy (non-hydrogen) atoms. The van der Waals surface area contributed by atoms with Crippen molar-refractivity contribution < 1.29 is 9.53 Å². The molecule has 0 spiro atoms. The van der Waals surface area contributed by atoms with Crippen molar-refractivity contribution in [3.8, 4) is 10.6 Å². The molecule has 2 aromatic carbocycles. The summed E-state index contributed by atoms with van der Waals surface area (Å²) in [5.41, 5.74) is 2.18. The highest BCUT2D eigenvalue weighted by molar-refractivity contribution is 9.10. The Morgan fingerprint density at radius 1 is 1.35 bits per heavy atom. The molecule has 0 fully saturated rings. The monoisotopic (exact) mass is 407 g/mol. The lowest BCUT2D eigenvalue weighted by molar-refractivity contribution is 0.0550. The maximum Gasteiger partial charge on any atom is 0.338 e. The third-order valence-electron chi connectivity index (χ3n) is 3.12. The molecular weight excluding hydrogens is 398 g/mol. The van der Waals surface area contributed by atoms with Gasteiger partial charge in [0.2, 0.25) is 0 Å². The molecule has 0 amide bonds. The van der Waals surface area contributed by atoms with E-state index in [1.54, 1.807) is 12.1 Å². The molecule has 116 valence electrons. The molecule has 0 unspecified atom stereocenters. The SMILES string of the molecule is C=CCOC(=O)c1ccc2nc(-c3cc(Br)ccc3Cl)sc2c1. The smallest absolute Gasteiger partial charge is 0.338 e.